The molecule has 0 bridgehead atoms. The van der Waals surface area contributed by atoms with Crippen molar-refractivity contribution in [1.82, 2.24) is 10.3 Å². The Balaban J connectivity index is 0.00000220. The van der Waals surface area contributed by atoms with Crippen molar-refractivity contribution < 1.29 is 0 Å². The standard InChI is InChI=1S/C16H24N4.HI/c1-11-6-5-7-13-12(10-19-14(11)13)8-9-18-15(17)20-16(2,3)4;/h5-7,10,19H,8-9H2,1-4H3,(H3,17,18,20);1H. The molecule has 2 rings (SSSR count). The predicted octanol–water partition coefficient (Wildman–Crippen LogP) is 3.34. The second-order valence-corrected chi connectivity index (χ2v) is 6.20. The topological polar surface area (TPSA) is 66.2 Å². The Morgan fingerprint density at radius 1 is 1.33 bits per heavy atom. The molecule has 116 valence electrons. The molecule has 0 radical (unpaired) electrons. The van der Waals surface area contributed by atoms with Gasteiger partial charge >= 0.3 is 0 Å². The molecule has 2 aromatic rings. The van der Waals surface area contributed by atoms with Crippen LogP contribution in [0.4, 0.5) is 0 Å². The van der Waals surface area contributed by atoms with Gasteiger partial charge in [-0.25, -0.2) is 0 Å². The van der Waals surface area contributed by atoms with Crippen molar-refractivity contribution in [2.75, 3.05) is 6.54 Å². The molecule has 0 saturated carbocycles. The first-order chi connectivity index (χ1) is 9.37. The smallest absolute Gasteiger partial charge is 0.188 e. The van der Waals surface area contributed by atoms with Crippen molar-refractivity contribution in [3.63, 3.8) is 0 Å². The molecule has 1 heterocycles. The number of benzene rings is 1. The fourth-order valence-corrected chi connectivity index (χ4v) is 2.29. The minimum Gasteiger partial charge on any atom is -0.370 e. The Labute approximate surface area is 143 Å². The second-order valence-electron chi connectivity index (χ2n) is 6.20. The molecule has 1 aromatic heterocycles. The van der Waals surface area contributed by atoms with Crippen LogP contribution >= 0.6 is 24.0 Å². The number of hydrogen-bond acceptors (Lipinski definition) is 1. The number of nitrogens with two attached hydrogens (primary N) is 1. The number of nitrogens with zero attached hydrogens (tertiary/aromatic N) is 1. The van der Waals surface area contributed by atoms with Crippen molar-refractivity contribution in [3.8, 4) is 0 Å². The van der Waals surface area contributed by atoms with Crippen molar-refractivity contribution in [2.45, 2.75) is 39.7 Å². The molecule has 0 aliphatic rings. The monoisotopic (exact) mass is 400 g/mol. The third kappa shape index (κ3) is 4.91. The molecule has 4 N–H and O–H groups in total. The van der Waals surface area contributed by atoms with Crippen LogP contribution in [-0.4, -0.2) is 23.0 Å². The van der Waals surface area contributed by atoms with E-state index in [1.807, 2.05) is 0 Å². The number of guanidine groups is 1. The number of rotatable bonds is 3. The summed E-state index contributed by atoms with van der Waals surface area (Å²) in [6.07, 6.45) is 2.95. The molecule has 0 aliphatic carbocycles. The van der Waals surface area contributed by atoms with E-state index in [1.54, 1.807) is 0 Å². The van der Waals surface area contributed by atoms with Gasteiger partial charge in [0.15, 0.2) is 5.96 Å². The number of aromatic amines is 1. The third-order valence-electron chi connectivity index (χ3n) is 3.18. The number of aryl methyl sites for hydroxylation is 1. The Kier molecular flexibility index (Phi) is 6.07. The second kappa shape index (κ2) is 7.15. The largest absolute Gasteiger partial charge is 0.370 e. The van der Waals surface area contributed by atoms with E-state index in [9.17, 15) is 0 Å². The number of H-pyrrole nitrogens is 1. The Bertz CT molecular complexity index is 623. The molecule has 0 spiro atoms. The lowest BCUT2D eigenvalue weighted by molar-refractivity contribution is 0.508. The minimum absolute atomic E-state index is 0. The van der Waals surface area contributed by atoms with E-state index in [0.29, 0.717) is 12.5 Å². The number of nitrogens with one attached hydrogen (secondary N) is 2. The summed E-state index contributed by atoms with van der Waals surface area (Å²) < 4.78 is 0. The summed E-state index contributed by atoms with van der Waals surface area (Å²) in [5, 5.41) is 4.45. The van der Waals surface area contributed by atoms with E-state index in [2.05, 4.69) is 67.4 Å². The average Bonchev–Trinajstić information content (AvgIpc) is 2.72. The van der Waals surface area contributed by atoms with E-state index in [4.69, 9.17) is 5.73 Å². The van der Waals surface area contributed by atoms with Crippen LogP contribution in [0.5, 0.6) is 0 Å². The van der Waals surface area contributed by atoms with E-state index in [1.165, 1.54) is 22.0 Å². The molecule has 1 aromatic carbocycles. The van der Waals surface area contributed by atoms with Crippen LogP contribution in [0.1, 0.15) is 31.9 Å². The maximum atomic E-state index is 5.87. The maximum Gasteiger partial charge on any atom is 0.188 e. The van der Waals surface area contributed by atoms with Crippen LogP contribution in [0.25, 0.3) is 10.9 Å². The van der Waals surface area contributed by atoms with Gasteiger partial charge in [-0.3, -0.25) is 4.99 Å². The van der Waals surface area contributed by atoms with E-state index in [0.717, 1.165) is 6.42 Å². The van der Waals surface area contributed by atoms with Gasteiger partial charge in [-0.2, -0.15) is 0 Å². The molecule has 4 nitrogen and oxygen atoms in total. The summed E-state index contributed by atoms with van der Waals surface area (Å²) in [4.78, 5) is 7.72. The summed E-state index contributed by atoms with van der Waals surface area (Å²) in [5.41, 5.74) is 9.59. The summed E-state index contributed by atoms with van der Waals surface area (Å²) in [7, 11) is 0. The normalized spacial score (nSPS) is 12.3. The first kappa shape index (κ1) is 17.8. The van der Waals surface area contributed by atoms with Gasteiger partial charge in [0.25, 0.3) is 0 Å². The van der Waals surface area contributed by atoms with Crippen LogP contribution in [0, 0.1) is 6.92 Å². The van der Waals surface area contributed by atoms with Gasteiger partial charge in [-0.05, 0) is 45.2 Å². The molecule has 0 amide bonds. The van der Waals surface area contributed by atoms with Crippen molar-refractivity contribution in [2.24, 2.45) is 10.7 Å². The number of aromatic nitrogens is 1. The molecular formula is C16H25IN4. The summed E-state index contributed by atoms with van der Waals surface area (Å²) in [6, 6.07) is 6.36. The number of fused-ring (bicyclic) bond motifs is 1. The van der Waals surface area contributed by atoms with Gasteiger partial charge in [-0.15, -0.1) is 24.0 Å². The van der Waals surface area contributed by atoms with Crippen molar-refractivity contribution in [1.29, 1.82) is 0 Å². The molecule has 0 fully saturated rings. The summed E-state index contributed by atoms with van der Waals surface area (Å²) >= 11 is 0. The van der Waals surface area contributed by atoms with Crippen LogP contribution in [0.3, 0.4) is 0 Å². The Morgan fingerprint density at radius 3 is 2.71 bits per heavy atom. The SMILES string of the molecule is Cc1cccc2c(CCN=C(N)NC(C)(C)C)c[nH]c12.I. The summed E-state index contributed by atoms with van der Waals surface area (Å²) in [5.74, 6) is 0.508. The minimum atomic E-state index is -0.0501. The Hall–Kier alpha value is -1.24. The highest BCUT2D eigenvalue weighted by atomic mass is 127. The highest BCUT2D eigenvalue weighted by molar-refractivity contribution is 14.0. The van der Waals surface area contributed by atoms with Gasteiger partial charge in [0.2, 0.25) is 0 Å². The first-order valence-corrected chi connectivity index (χ1v) is 7.00. The number of para-hydroxylation sites is 1. The molecular weight excluding hydrogens is 375 g/mol. The van der Waals surface area contributed by atoms with Gasteiger partial charge in [-0.1, -0.05) is 18.2 Å². The summed E-state index contributed by atoms with van der Waals surface area (Å²) in [6.45, 7) is 9.01. The maximum absolute atomic E-state index is 5.87. The predicted molar refractivity (Wildman–Crippen MR) is 102 cm³/mol. The van der Waals surface area contributed by atoms with E-state index >= 15 is 0 Å². The zero-order chi connectivity index (χ0) is 14.8. The highest BCUT2D eigenvalue weighted by Crippen LogP contribution is 2.21. The van der Waals surface area contributed by atoms with Gasteiger partial charge in [0.1, 0.15) is 0 Å². The lowest BCUT2D eigenvalue weighted by Crippen LogP contribution is -2.45. The zero-order valence-electron chi connectivity index (χ0n) is 13.2. The molecule has 0 unspecified atom stereocenters. The molecule has 0 saturated heterocycles. The fraction of sp³-hybridized carbons (Fsp3) is 0.438. The van der Waals surface area contributed by atoms with Crippen LogP contribution in [0.2, 0.25) is 0 Å². The molecule has 21 heavy (non-hydrogen) atoms. The first-order valence-electron chi connectivity index (χ1n) is 7.00. The number of hydrogen-bond donors (Lipinski definition) is 3. The van der Waals surface area contributed by atoms with E-state index in [-0.39, 0.29) is 29.5 Å². The van der Waals surface area contributed by atoms with E-state index < -0.39 is 0 Å². The lowest BCUT2D eigenvalue weighted by atomic mass is 10.1. The highest BCUT2D eigenvalue weighted by Gasteiger charge is 2.09. The number of aliphatic imine (C=N–C) groups is 1. The lowest BCUT2D eigenvalue weighted by Gasteiger charge is -2.20. The zero-order valence-corrected chi connectivity index (χ0v) is 15.5. The quantitative estimate of drug-likeness (QED) is 0.420. The van der Waals surface area contributed by atoms with Crippen molar-refractivity contribution in [3.05, 3.63) is 35.5 Å². The Morgan fingerprint density at radius 2 is 2.05 bits per heavy atom. The average molecular weight is 400 g/mol. The molecule has 5 heteroatoms. The van der Waals surface area contributed by atoms with Gasteiger partial charge in [0, 0.05) is 29.2 Å². The van der Waals surface area contributed by atoms with Crippen LogP contribution < -0.4 is 11.1 Å². The van der Waals surface area contributed by atoms with Crippen LogP contribution in [-0.2, 0) is 6.42 Å². The molecule has 0 aliphatic heterocycles. The van der Waals surface area contributed by atoms with Crippen LogP contribution in [0.15, 0.2) is 29.4 Å². The number of halogens is 1. The third-order valence-corrected chi connectivity index (χ3v) is 3.18. The molecule has 0 atom stereocenters. The van der Waals surface area contributed by atoms with Gasteiger partial charge in [0.05, 0.1) is 0 Å². The van der Waals surface area contributed by atoms with Gasteiger partial charge < -0.3 is 16.0 Å². The van der Waals surface area contributed by atoms with Crippen molar-refractivity contribution >= 4 is 40.8 Å². The fourth-order valence-electron chi connectivity index (χ4n) is 2.29.